The molecular weight excluding hydrogens is 599 g/mol. The van der Waals surface area contributed by atoms with E-state index in [1.165, 1.54) is 10.4 Å². The van der Waals surface area contributed by atoms with Gasteiger partial charge >= 0.3 is 24.6 Å². The molecule has 4 rings (SSSR count). The Labute approximate surface area is 229 Å². The second-order valence-electron chi connectivity index (χ2n) is 10.5. The van der Waals surface area contributed by atoms with Gasteiger partial charge in [-0.3, -0.25) is 4.90 Å². The van der Waals surface area contributed by atoms with Gasteiger partial charge in [0.2, 0.25) is 10.0 Å². The zero-order valence-electron chi connectivity index (χ0n) is 21.6. The molecule has 0 aromatic heterocycles. The summed E-state index contributed by atoms with van der Waals surface area (Å²) in [5, 5.41) is 0. The molecule has 0 aliphatic carbocycles. The van der Waals surface area contributed by atoms with Crippen LogP contribution in [0.3, 0.4) is 0 Å². The van der Waals surface area contributed by atoms with Gasteiger partial charge < -0.3 is 14.5 Å². The lowest BCUT2D eigenvalue weighted by Gasteiger charge is -2.36. The lowest BCUT2D eigenvalue weighted by Crippen LogP contribution is -2.52. The summed E-state index contributed by atoms with van der Waals surface area (Å²) < 4.78 is 146. The quantitative estimate of drug-likeness (QED) is 0.464. The largest absolute Gasteiger partial charge is 0.434 e. The van der Waals surface area contributed by atoms with Gasteiger partial charge in [-0.1, -0.05) is 6.07 Å². The van der Waals surface area contributed by atoms with E-state index in [0.717, 1.165) is 18.4 Å². The first-order valence-electron chi connectivity index (χ1n) is 12.4. The maximum atomic E-state index is 13.5. The molecule has 3 heterocycles. The van der Waals surface area contributed by atoms with Crippen LogP contribution in [-0.2, 0) is 27.5 Å². The molecule has 3 aliphatic rings. The van der Waals surface area contributed by atoms with Crippen molar-refractivity contribution in [2.45, 2.75) is 31.2 Å². The Morgan fingerprint density at radius 1 is 0.902 bits per heavy atom. The molecule has 0 N–H and O–H groups in total. The number of rotatable bonds is 5. The van der Waals surface area contributed by atoms with Crippen molar-refractivity contribution in [2.24, 2.45) is 11.8 Å². The minimum absolute atomic E-state index is 0.0207. The molecule has 1 aromatic rings. The number of halogens is 9. The fourth-order valence-electron chi connectivity index (χ4n) is 5.41. The predicted molar refractivity (Wildman–Crippen MR) is 126 cm³/mol. The number of anilines is 1. The number of hydrogen-bond acceptors (Lipinski definition) is 6. The van der Waals surface area contributed by atoms with Gasteiger partial charge in [-0.2, -0.15) is 39.5 Å². The monoisotopic (exact) mass is 626 g/mol. The number of carbonyl (C=O) groups excluding carboxylic acids is 1. The first-order valence-corrected chi connectivity index (χ1v) is 14.3. The number of nitrogens with zero attached hydrogens (tertiary/aromatic N) is 4. The van der Waals surface area contributed by atoms with Crippen LogP contribution < -0.4 is 4.90 Å². The number of fused-ring (bicyclic) bond motifs is 1. The third-order valence-corrected chi connectivity index (χ3v) is 8.75. The molecule has 232 valence electrons. The van der Waals surface area contributed by atoms with Crippen LogP contribution >= 0.6 is 0 Å². The summed E-state index contributed by atoms with van der Waals surface area (Å²) in [6.07, 6.45) is -21.2. The molecule has 2 atom stereocenters. The minimum Gasteiger partial charge on any atom is -0.426 e. The van der Waals surface area contributed by atoms with Crippen molar-refractivity contribution in [3.63, 3.8) is 0 Å². The Balaban J connectivity index is 1.43. The van der Waals surface area contributed by atoms with E-state index >= 15 is 0 Å². The fraction of sp³-hybridized carbons (Fsp3) is 0.696. The number of amides is 1. The van der Waals surface area contributed by atoms with Crippen molar-refractivity contribution < 1.29 is 57.5 Å². The van der Waals surface area contributed by atoms with Crippen molar-refractivity contribution in [1.29, 1.82) is 0 Å². The Morgan fingerprint density at radius 2 is 1.44 bits per heavy atom. The van der Waals surface area contributed by atoms with Crippen LogP contribution in [0.4, 0.5) is 50.0 Å². The Bertz CT molecular complexity index is 1200. The van der Waals surface area contributed by atoms with Crippen molar-refractivity contribution in [2.75, 3.05) is 63.5 Å². The number of ether oxygens (including phenoxy) is 1. The summed E-state index contributed by atoms with van der Waals surface area (Å²) in [5.74, 6) is -0.141. The third-order valence-electron chi connectivity index (χ3n) is 7.51. The SMILES string of the molecule is CS(=O)(=O)N1CC2CN(c3cc(C(F)(F)F)ccc3CN3CCN(C(=O)OC(C(F)(F)F)C(F)(F)F)CC3)CC2C1. The van der Waals surface area contributed by atoms with E-state index in [2.05, 4.69) is 4.74 Å². The lowest BCUT2D eigenvalue weighted by molar-refractivity contribution is -0.308. The van der Waals surface area contributed by atoms with Crippen molar-refractivity contribution >= 4 is 21.8 Å². The van der Waals surface area contributed by atoms with Gasteiger partial charge in [0.15, 0.2) is 0 Å². The smallest absolute Gasteiger partial charge is 0.426 e. The average Bonchev–Trinajstić information content (AvgIpc) is 3.41. The molecule has 0 spiro atoms. The highest BCUT2D eigenvalue weighted by Gasteiger charge is 2.60. The summed E-state index contributed by atoms with van der Waals surface area (Å²) in [4.78, 5) is 16.2. The number of carbonyl (C=O) groups is 1. The Kier molecular flexibility index (Phi) is 8.43. The number of alkyl halides is 9. The van der Waals surface area contributed by atoms with Gasteiger partial charge in [0.1, 0.15) is 0 Å². The molecule has 1 aromatic carbocycles. The van der Waals surface area contributed by atoms with E-state index in [9.17, 15) is 52.7 Å². The van der Waals surface area contributed by atoms with Gasteiger partial charge in [-0.15, -0.1) is 0 Å². The fourth-order valence-corrected chi connectivity index (χ4v) is 6.33. The number of sulfonamides is 1. The molecule has 0 saturated carbocycles. The highest BCUT2D eigenvalue weighted by atomic mass is 32.2. The molecule has 41 heavy (non-hydrogen) atoms. The second kappa shape index (κ2) is 11.0. The standard InChI is InChI=1S/C23H27F9N4O4S/c1-41(38,39)36-12-15-10-35(11-16(15)13-36)18-8-17(21(24,25)26)3-2-14(18)9-33-4-6-34(7-5-33)20(37)40-19(22(27,28)29)23(30,31)32/h2-3,8,15-16,19H,4-7,9-13H2,1H3. The second-order valence-corrected chi connectivity index (χ2v) is 12.4. The van der Waals surface area contributed by atoms with Crippen LogP contribution in [0.1, 0.15) is 11.1 Å². The van der Waals surface area contributed by atoms with E-state index < -0.39 is 46.3 Å². The number of hydrogen-bond donors (Lipinski definition) is 0. The molecule has 0 bridgehead atoms. The molecule has 18 heteroatoms. The minimum atomic E-state index is -5.84. The van der Waals surface area contributed by atoms with Crippen molar-refractivity contribution in [3.8, 4) is 0 Å². The zero-order chi connectivity index (χ0) is 30.5. The third kappa shape index (κ3) is 7.31. The van der Waals surface area contributed by atoms with Crippen molar-refractivity contribution in [1.82, 2.24) is 14.1 Å². The van der Waals surface area contributed by atoms with Gasteiger partial charge in [-0.05, 0) is 29.5 Å². The van der Waals surface area contributed by atoms with Crippen LogP contribution in [-0.4, -0.2) is 106 Å². The van der Waals surface area contributed by atoms with Crippen molar-refractivity contribution in [3.05, 3.63) is 29.3 Å². The van der Waals surface area contributed by atoms with Crippen LogP contribution in [0.2, 0.25) is 0 Å². The Morgan fingerprint density at radius 3 is 1.90 bits per heavy atom. The summed E-state index contributed by atoms with van der Waals surface area (Å²) in [6.45, 7) is 0.823. The molecule has 3 aliphatic heterocycles. The summed E-state index contributed by atoms with van der Waals surface area (Å²) >= 11 is 0. The summed E-state index contributed by atoms with van der Waals surface area (Å²) in [5.41, 5.74) is -0.0640. The lowest BCUT2D eigenvalue weighted by atomic mass is 10.0. The maximum Gasteiger partial charge on any atom is 0.434 e. The van der Waals surface area contributed by atoms with Gasteiger partial charge in [0.05, 0.1) is 11.8 Å². The molecular formula is C23H27F9N4O4S. The van der Waals surface area contributed by atoms with E-state index in [0.29, 0.717) is 29.2 Å². The highest BCUT2D eigenvalue weighted by Crippen LogP contribution is 2.40. The van der Waals surface area contributed by atoms with Crippen LogP contribution in [0, 0.1) is 11.8 Å². The van der Waals surface area contributed by atoms with Crippen LogP contribution in [0.15, 0.2) is 18.2 Å². The molecule has 3 saturated heterocycles. The summed E-state index contributed by atoms with van der Waals surface area (Å²) in [7, 11) is -3.40. The summed E-state index contributed by atoms with van der Waals surface area (Å²) in [6, 6.07) is 3.25. The normalized spacial score (nSPS) is 23.4. The maximum absolute atomic E-state index is 13.5. The average molecular weight is 627 g/mol. The van der Waals surface area contributed by atoms with Crippen LogP contribution in [0.5, 0.6) is 0 Å². The van der Waals surface area contributed by atoms with Gasteiger partial charge in [-0.25, -0.2) is 17.5 Å². The first-order chi connectivity index (χ1) is 18.7. The zero-order valence-corrected chi connectivity index (χ0v) is 22.4. The first kappa shape index (κ1) is 31.5. The van der Waals surface area contributed by atoms with Gasteiger partial charge in [0, 0.05) is 64.6 Å². The molecule has 0 radical (unpaired) electrons. The molecule has 2 unspecified atom stereocenters. The Hall–Kier alpha value is -2.47. The van der Waals surface area contributed by atoms with E-state index in [4.69, 9.17) is 0 Å². The highest BCUT2D eigenvalue weighted by molar-refractivity contribution is 7.88. The molecule has 3 fully saturated rings. The number of benzene rings is 1. The van der Waals surface area contributed by atoms with E-state index in [-0.39, 0.29) is 57.6 Å². The van der Waals surface area contributed by atoms with Crippen LogP contribution in [0.25, 0.3) is 0 Å². The van der Waals surface area contributed by atoms with Gasteiger partial charge in [0.25, 0.3) is 6.10 Å². The predicted octanol–water partition coefficient (Wildman–Crippen LogP) is 3.78. The molecule has 8 nitrogen and oxygen atoms in total. The molecule has 1 amide bonds. The topological polar surface area (TPSA) is 73.4 Å². The van der Waals surface area contributed by atoms with E-state index in [1.807, 2.05) is 0 Å². The number of piperazine rings is 1. The van der Waals surface area contributed by atoms with E-state index in [1.54, 1.807) is 9.80 Å².